The maximum Gasteiger partial charge on any atom is 0.174 e. The fourth-order valence-electron chi connectivity index (χ4n) is 4.10. The van der Waals surface area contributed by atoms with E-state index in [0.29, 0.717) is 16.9 Å². The Morgan fingerprint density at radius 1 is 0.697 bits per heavy atom. The molecule has 33 heavy (non-hydrogen) atoms. The number of carbonyl (C=O) groups is 2. The number of carbonyl (C=O) groups excluding carboxylic acids is 2. The van der Waals surface area contributed by atoms with E-state index in [9.17, 15) is 14.7 Å². The van der Waals surface area contributed by atoms with Gasteiger partial charge in [0.15, 0.2) is 11.6 Å². The summed E-state index contributed by atoms with van der Waals surface area (Å²) in [6.45, 7) is 12.3. The van der Waals surface area contributed by atoms with E-state index in [1.165, 1.54) is 0 Å². The summed E-state index contributed by atoms with van der Waals surface area (Å²) in [5.74, 6) is -0.932. The lowest BCUT2D eigenvalue weighted by molar-refractivity contribution is 0.0806. The third-order valence-corrected chi connectivity index (χ3v) is 5.98. The second-order valence-corrected chi connectivity index (χ2v) is 10.8. The van der Waals surface area contributed by atoms with E-state index < -0.39 is 5.92 Å². The summed E-state index contributed by atoms with van der Waals surface area (Å²) < 4.78 is 0. The van der Waals surface area contributed by atoms with Crippen molar-refractivity contribution >= 4 is 11.6 Å². The van der Waals surface area contributed by atoms with Gasteiger partial charge in [0.2, 0.25) is 0 Å². The monoisotopic (exact) mass is 442 g/mol. The van der Waals surface area contributed by atoms with E-state index in [0.717, 1.165) is 16.7 Å². The number of ketones is 2. The van der Waals surface area contributed by atoms with Crippen LogP contribution in [0.5, 0.6) is 5.75 Å². The third-order valence-electron chi connectivity index (χ3n) is 5.98. The average Bonchev–Trinajstić information content (AvgIpc) is 2.77. The van der Waals surface area contributed by atoms with Crippen LogP contribution in [0.2, 0.25) is 0 Å². The lowest BCUT2D eigenvalue weighted by atomic mass is 9.76. The Bertz CT molecular complexity index is 1040. The number of phenolic OH excluding ortho intramolecular Hbond substituents is 1. The Balaban J connectivity index is 2.13. The minimum atomic E-state index is -0.847. The largest absolute Gasteiger partial charge is 0.507 e. The lowest BCUT2D eigenvalue weighted by Gasteiger charge is -2.29. The molecule has 0 fully saturated rings. The zero-order valence-corrected chi connectivity index (χ0v) is 20.5. The zero-order chi connectivity index (χ0) is 24.4. The normalized spacial score (nSPS) is 12.1. The Labute approximate surface area is 197 Å². The zero-order valence-electron chi connectivity index (χ0n) is 20.5. The summed E-state index contributed by atoms with van der Waals surface area (Å²) in [5, 5.41) is 11.1. The molecule has 0 aliphatic carbocycles. The first-order valence-electron chi connectivity index (χ1n) is 11.4. The van der Waals surface area contributed by atoms with Crippen LogP contribution in [0, 0.1) is 5.92 Å². The van der Waals surface area contributed by atoms with Gasteiger partial charge >= 0.3 is 0 Å². The van der Waals surface area contributed by atoms with Crippen LogP contribution in [0.3, 0.4) is 0 Å². The summed E-state index contributed by atoms with van der Waals surface area (Å²) in [5.41, 5.74) is 2.99. The Morgan fingerprint density at radius 3 is 1.39 bits per heavy atom. The van der Waals surface area contributed by atoms with E-state index in [1.54, 1.807) is 24.3 Å². The summed E-state index contributed by atoms with van der Waals surface area (Å²) in [4.78, 5) is 27.0. The van der Waals surface area contributed by atoms with Gasteiger partial charge in [0, 0.05) is 11.1 Å². The van der Waals surface area contributed by atoms with Crippen LogP contribution in [-0.4, -0.2) is 16.7 Å². The van der Waals surface area contributed by atoms with Gasteiger partial charge in [-0.25, -0.2) is 0 Å². The van der Waals surface area contributed by atoms with Gasteiger partial charge < -0.3 is 5.11 Å². The summed E-state index contributed by atoms with van der Waals surface area (Å²) in [7, 11) is 0. The maximum absolute atomic E-state index is 13.5. The molecule has 1 N–H and O–H groups in total. The van der Waals surface area contributed by atoms with E-state index in [4.69, 9.17) is 0 Å². The molecule has 3 nitrogen and oxygen atoms in total. The second kappa shape index (κ2) is 9.35. The van der Waals surface area contributed by atoms with Crippen LogP contribution >= 0.6 is 0 Å². The Kier molecular flexibility index (Phi) is 6.92. The molecule has 0 aliphatic heterocycles. The molecule has 3 aromatic rings. The van der Waals surface area contributed by atoms with Crippen LogP contribution in [0.4, 0.5) is 0 Å². The molecule has 0 aliphatic rings. The number of hydrogen-bond donors (Lipinski definition) is 1. The quantitative estimate of drug-likeness (QED) is 0.333. The highest BCUT2D eigenvalue weighted by molar-refractivity contribution is 6.16. The van der Waals surface area contributed by atoms with Crippen molar-refractivity contribution < 1.29 is 14.7 Å². The molecule has 3 heteroatoms. The first-order chi connectivity index (χ1) is 15.4. The minimum absolute atomic E-state index is 0.188. The highest BCUT2D eigenvalue weighted by Crippen LogP contribution is 2.40. The molecule has 3 aromatic carbocycles. The van der Waals surface area contributed by atoms with Crippen molar-refractivity contribution in [2.24, 2.45) is 5.92 Å². The molecule has 3 rings (SSSR count). The summed E-state index contributed by atoms with van der Waals surface area (Å²) in [6, 6.07) is 21.9. The van der Waals surface area contributed by atoms with Gasteiger partial charge in [0.05, 0.1) is 5.92 Å². The SMILES string of the molecule is CC(C)(C)c1cc(CC(C(=O)c2ccccc2)C(=O)c2ccccc2)cc(C(C)(C)C)c1O. The second-order valence-electron chi connectivity index (χ2n) is 10.8. The molecule has 0 saturated heterocycles. The van der Waals surface area contributed by atoms with Gasteiger partial charge in [0.25, 0.3) is 0 Å². The van der Waals surface area contributed by atoms with Crippen molar-refractivity contribution in [2.75, 3.05) is 0 Å². The molecule has 0 bridgehead atoms. The minimum Gasteiger partial charge on any atom is -0.507 e. The number of phenols is 1. The Morgan fingerprint density at radius 2 is 1.06 bits per heavy atom. The van der Waals surface area contributed by atoms with Crippen molar-refractivity contribution in [3.63, 3.8) is 0 Å². The first kappa shape index (κ1) is 24.4. The number of aromatic hydroxyl groups is 1. The molecule has 0 heterocycles. The van der Waals surface area contributed by atoms with Crippen LogP contribution < -0.4 is 0 Å². The van der Waals surface area contributed by atoms with Crippen molar-refractivity contribution in [1.82, 2.24) is 0 Å². The predicted molar refractivity (Wildman–Crippen MR) is 134 cm³/mol. The number of benzene rings is 3. The van der Waals surface area contributed by atoms with E-state index in [-0.39, 0.29) is 28.8 Å². The number of hydrogen-bond acceptors (Lipinski definition) is 3. The highest BCUT2D eigenvalue weighted by atomic mass is 16.3. The average molecular weight is 443 g/mol. The van der Waals surface area contributed by atoms with Crippen LogP contribution in [0.15, 0.2) is 72.8 Å². The van der Waals surface area contributed by atoms with Gasteiger partial charge in [-0.2, -0.15) is 0 Å². The van der Waals surface area contributed by atoms with Gasteiger partial charge in [-0.15, -0.1) is 0 Å². The number of Topliss-reactive ketones (excluding diaryl/α,β-unsaturated/α-hetero) is 2. The third kappa shape index (κ3) is 5.60. The summed E-state index contributed by atoms with van der Waals surface area (Å²) in [6.07, 6.45) is 0.272. The van der Waals surface area contributed by atoms with Crippen LogP contribution in [-0.2, 0) is 17.3 Å². The predicted octanol–water partition coefficient (Wildman–Crippen LogP) is 6.91. The molecule has 0 unspecified atom stereocenters. The molecule has 0 radical (unpaired) electrons. The molecule has 0 amide bonds. The number of rotatable bonds is 6. The molecule has 172 valence electrons. The lowest BCUT2D eigenvalue weighted by Crippen LogP contribution is -2.27. The molecular weight excluding hydrogens is 408 g/mol. The molecule has 0 spiro atoms. The smallest absolute Gasteiger partial charge is 0.174 e. The van der Waals surface area contributed by atoms with Crippen molar-refractivity contribution in [1.29, 1.82) is 0 Å². The van der Waals surface area contributed by atoms with E-state index in [2.05, 4.69) is 41.5 Å². The van der Waals surface area contributed by atoms with Gasteiger partial charge in [0.1, 0.15) is 5.75 Å². The van der Waals surface area contributed by atoms with Gasteiger partial charge in [-0.3, -0.25) is 9.59 Å². The fraction of sp³-hybridized carbons (Fsp3) is 0.333. The van der Waals surface area contributed by atoms with E-state index >= 15 is 0 Å². The Hall–Kier alpha value is -3.20. The van der Waals surface area contributed by atoms with Gasteiger partial charge in [-0.1, -0.05) is 114 Å². The van der Waals surface area contributed by atoms with E-state index in [1.807, 2.05) is 48.5 Å². The first-order valence-corrected chi connectivity index (χ1v) is 11.4. The fourth-order valence-corrected chi connectivity index (χ4v) is 4.10. The molecule has 0 saturated carbocycles. The van der Waals surface area contributed by atoms with Crippen LogP contribution in [0.1, 0.15) is 78.9 Å². The van der Waals surface area contributed by atoms with Crippen molar-refractivity contribution in [3.8, 4) is 5.75 Å². The van der Waals surface area contributed by atoms with Gasteiger partial charge in [-0.05, 0) is 33.9 Å². The molecular formula is C30H34O3. The maximum atomic E-state index is 13.5. The summed E-state index contributed by atoms with van der Waals surface area (Å²) >= 11 is 0. The topological polar surface area (TPSA) is 54.4 Å². The standard InChI is InChI=1S/C30H34O3/c1-29(2,3)24-18-20(19-25(28(24)33)30(4,5)6)17-23(26(31)21-13-9-7-10-14-21)27(32)22-15-11-8-12-16-22/h7-16,18-19,23,33H,17H2,1-6H3. The van der Waals surface area contributed by atoms with Crippen molar-refractivity contribution in [3.05, 3.63) is 101 Å². The molecule has 0 atom stereocenters. The van der Waals surface area contributed by atoms with Crippen molar-refractivity contribution in [2.45, 2.75) is 58.8 Å². The van der Waals surface area contributed by atoms with Crippen LogP contribution in [0.25, 0.3) is 0 Å². The highest BCUT2D eigenvalue weighted by Gasteiger charge is 2.31. The molecule has 0 aromatic heterocycles.